The lowest BCUT2D eigenvalue weighted by Crippen LogP contribution is -2.41. The van der Waals surface area contributed by atoms with Crippen molar-refractivity contribution in [2.75, 3.05) is 13.2 Å². The fraction of sp³-hybridized carbons (Fsp3) is 0.333. The first kappa shape index (κ1) is 20.7. The minimum absolute atomic E-state index is 0.0551. The first-order valence-electron chi connectivity index (χ1n) is 8.31. The van der Waals surface area contributed by atoms with Gasteiger partial charge in [0.25, 0.3) is 0 Å². The Morgan fingerprint density at radius 2 is 1.50 bits per heavy atom. The number of sulfonamides is 1. The molecule has 1 fully saturated rings. The molecule has 3 rings (SSSR count). The summed E-state index contributed by atoms with van der Waals surface area (Å²) in [7, 11) is -5.06. The van der Waals surface area contributed by atoms with Crippen LogP contribution in [-0.2, 0) is 21.3 Å². The largest absolute Gasteiger partial charge is 0.380 e. The third kappa shape index (κ3) is 3.63. The first-order valence-corrected chi connectivity index (χ1v) is 9.75. The second kappa shape index (κ2) is 7.76. The summed E-state index contributed by atoms with van der Waals surface area (Å²) in [4.78, 5) is -1.86. The molecule has 28 heavy (non-hydrogen) atoms. The average Bonchev–Trinajstić information content (AvgIpc) is 3.18. The Labute approximate surface area is 158 Å². The van der Waals surface area contributed by atoms with Crippen molar-refractivity contribution in [3.05, 3.63) is 64.5 Å². The van der Waals surface area contributed by atoms with Gasteiger partial charge in [0, 0.05) is 13.2 Å². The number of halogens is 5. The van der Waals surface area contributed by atoms with Gasteiger partial charge in [0.05, 0.1) is 12.6 Å². The van der Waals surface area contributed by atoms with Crippen molar-refractivity contribution in [2.45, 2.75) is 30.8 Å². The predicted molar refractivity (Wildman–Crippen MR) is 89.4 cm³/mol. The molecule has 0 spiro atoms. The van der Waals surface area contributed by atoms with Crippen molar-refractivity contribution in [1.29, 1.82) is 0 Å². The van der Waals surface area contributed by atoms with Crippen LogP contribution in [-0.4, -0.2) is 32.0 Å². The van der Waals surface area contributed by atoms with E-state index >= 15 is 0 Å². The summed E-state index contributed by atoms with van der Waals surface area (Å²) in [5.41, 5.74) is 1.40. The van der Waals surface area contributed by atoms with Crippen LogP contribution in [0.3, 0.4) is 0 Å². The molecule has 0 N–H and O–H groups in total. The molecular formula is C18H16F5NO3S. The van der Waals surface area contributed by atoms with E-state index in [1.807, 2.05) is 6.92 Å². The van der Waals surface area contributed by atoms with Gasteiger partial charge in [-0.05, 0) is 18.9 Å². The van der Waals surface area contributed by atoms with Crippen LogP contribution in [0.5, 0.6) is 0 Å². The van der Waals surface area contributed by atoms with Crippen molar-refractivity contribution < 1.29 is 35.1 Å². The van der Waals surface area contributed by atoms with Crippen LogP contribution >= 0.6 is 0 Å². The summed E-state index contributed by atoms with van der Waals surface area (Å²) in [5.74, 6) is -11.8. The van der Waals surface area contributed by atoms with Gasteiger partial charge in [-0.3, -0.25) is 0 Å². The molecule has 1 aliphatic heterocycles. The van der Waals surface area contributed by atoms with Gasteiger partial charge in [-0.1, -0.05) is 29.8 Å². The lowest BCUT2D eigenvalue weighted by molar-refractivity contribution is 0.174. The molecule has 1 aliphatic rings. The van der Waals surface area contributed by atoms with Gasteiger partial charge in [-0.25, -0.2) is 30.4 Å². The minimum Gasteiger partial charge on any atom is -0.380 e. The minimum atomic E-state index is -5.06. The Morgan fingerprint density at radius 1 is 0.964 bits per heavy atom. The smallest absolute Gasteiger partial charge is 0.249 e. The molecule has 0 amide bonds. The number of hydrogen-bond donors (Lipinski definition) is 0. The van der Waals surface area contributed by atoms with Crippen LogP contribution in [0.4, 0.5) is 22.0 Å². The van der Waals surface area contributed by atoms with Gasteiger partial charge in [-0.15, -0.1) is 0 Å². The van der Waals surface area contributed by atoms with Crippen LogP contribution in [0, 0.1) is 36.0 Å². The molecule has 10 heteroatoms. The maximum Gasteiger partial charge on any atom is 0.249 e. The van der Waals surface area contributed by atoms with Gasteiger partial charge in [-0.2, -0.15) is 4.31 Å². The fourth-order valence-corrected chi connectivity index (χ4v) is 4.71. The van der Waals surface area contributed by atoms with Gasteiger partial charge < -0.3 is 4.74 Å². The molecule has 0 radical (unpaired) electrons. The fourth-order valence-electron chi connectivity index (χ4n) is 2.96. The Hall–Kier alpha value is -2.04. The summed E-state index contributed by atoms with van der Waals surface area (Å²) in [5, 5.41) is 0. The Kier molecular flexibility index (Phi) is 5.74. The molecule has 1 heterocycles. The third-order valence-electron chi connectivity index (χ3n) is 4.51. The van der Waals surface area contributed by atoms with Gasteiger partial charge in [0.2, 0.25) is 15.8 Å². The van der Waals surface area contributed by atoms with Crippen LogP contribution in [0.2, 0.25) is 0 Å². The van der Waals surface area contributed by atoms with Crippen LogP contribution in [0.25, 0.3) is 0 Å². The van der Waals surface area contributed by atoms with Crippen LogP contribution < -0.4 is 0 Å². The Balaban J connectivity index is 2.12. The highest BCUT2D eigenvalue weighted by Crippen LogP contribution is 2.32. The van der Waals surface area contributed by atoms with Crippen molar-refractivity contribution in [3.63, 3.8) is 0 Å². The molecular weight excluding hydrogens is 405 g/mol. The monoisotopic (exact) mass is 421 g/mol. The van der Waals surface area contributed by atoms with E-state index in [-0.39, 0.29) is 26.2 Å². The number of ether oxygens (including phenoxy) is 1. The van der Waals surface area contributed by atoms with E-state index in [0.29, 0.717) is 5.56 Å². The van der Waals surface area contributed by atoms with Crippen LogP contribution in [0.1, 0.15) is 17.5 Å². The lowest BCUT2D eigenvalue weighted by atomic mass is 10.1. The number of benzene rings is 2. The van der Waals surface area contributed by atoms with Gasteiger partial charge in [0.1, 0.15) is 0 Å². The first-order chi connectivity index (χ1) is 13.1. The molecule has 1 unspecified atom stereocenters. The van der Waals surface area contributed by atoms with Crippen molar-refractivity contribution in [3.8, 4) is 0 Å². The van der Waals surface area contributed by atoms with E-state index in [1.54, 1.807) is 24.3 Å². The molecule has 2 aromatic rings. The quantitative estimate of drug-likeness (QED) is 0.421. The van der Waals surface area contributed by atoms with Crippen molar-refractivity contribution in [1.82, 2.24) is 4.31 Å². The van der Waals surface area contributed by atoms with Crippen LogP contribution in [0.15, 0.2) is 29.2 Å². The maximum absolute atomic E-state index is 14.2. The summed E-state index contributed by atoms with van der Waals surface area (Å²) in [6.45, 7) is 1.66. The van der Waals surface area contributed by atoms with E-state index in [0.717, 1.165) is 9.87 Å². The standard InChI is InChI=1S/C18H16F5NO3S/c1-10-2-4-11(5-3-10)8-24(12-6-7-27-9-12)28(25,26)18-16(22)14(20)13(19)15(21)17(18)23/h2-5,12H,6-9H2,1H3. The molecule has 1 saturated heterocycles. The molecule has 4 nitrogen and oxygen atoms in total. The molecule has 0 bridgehead atoms. The normalized spacial score (nSPS) is 17.5. The van der Waals surface area contributed by atoms with E-state index in [4.69, 9.17) is 4.74 Å². The summed E-state index contributed by atoms with van der Waals surface area (Å²) in [6.07, 6.45) is 0.223. The second-order valence-corrected chi connectivity index (χ2v) is 8.28. The number of hydrogen-bond acceptors (Lipinski definition) is 3. The Morgan fingerprint density at radius 3 is 2.00 bits per heavy atom. The summed E-state index contributed by atoms with van der Waals surface area (Å²) < 4.78 is 101. The summed E-state index contributed by atoms with van der Waals surface area (Å²) in [6, 6.07) is 5.85. The predicted octanol–water partition coefficient (Wildman–Crippen LogP) is 3.67. The maximum atomic E-state index is 14.2. The number of nitrogens with zero attached hydrogens (tertiary/aromatic N) is 1. The van der Waals surface area contributed by atoms with E-state index in [9.17, 15) is 30.4 Å². The van der Waals surface area contributed by atoms with Crippen molar-refractivity contribution >= 4 is 10.0 Å². The zero-order chi connectivity index (χ0) is 20.6. The highest BCUT2D eigenvalue weighted by molar-refractivity contribution is 7.89. The summed E-state index contributed by atoms with van der Waals surface area (Å²) >= 11 is 0. The van der Waals surface area contributed by atoms with Crippen molar-refractivity contribution in [2.24, 2.45) is 0 Å². The lowest BCUT2D eigenvalue weighted by Gasteiger charge is -2.27. The zero-order valence-corrected chi connectivity index (χ0v) is 15.5. The zero-order valence-electron chi connectivity index (χ0n) is 14.7. The number of aryl methyl sites for hydroxylation is 1. The van der Waals surface area contributed by atoms with Gasteiger partial charge >= 0.3 is 0 Å². The molecule has 1 atom stereocenters. The molecule has 0 aliphatic carbocycles. The molecule has 2 aromatic carbocycles. The third-order valence-corrected chi connectivity index (χ3v) is 6.43. The Bertz CT molecular complexity index is 960. The topological polar surface area (TPSA) is 46.6 Å². The van der Waals surface area contributed by atoms with Gasteiger partial charge in [0.15, 0.2) is 28.2 Å². The molecule has 152 valence electrons. The number of rotatable bonds is 5. The highest BCUT2D eigenvalue weighted by Gasteiger charge is 2.40. The SMILES string of the molecule is Cc1ccc(CN(C2CCOC2)S(=O)(=O)c2c(F)c(F)c(F)c(F)c2F)cc1. The highest BCUT2D eigenvalue weighted by atomic mass is 32.2. The second-order valence-electron chi connectivity index (χ2n) is 6.45. The molecule has 0 saturated carbocycles. The molecule has 0 aromatic heterocycles. The van der Waals surface area contributed by atoms with E-state index in [2.05, 4.69) is 0 Å². The average molecular weight is 421 g/mol. The van der Waals surface area contributed by atoms with E-state index < -0.39 is 50.0 Å². The van der Waals surface area contributed by atoms with E-state index in [1.165, 1.54) is 0 Å².